The summed E-state index contributed by atoms with van der Waals surface area (Å²) in [6.45, 7) is 15.0. The van der Waals surface area contributed by atoms with Crippen LogP contribution in [0.5, 0.6) is 0 Å². The van der Waals surface area contributed by atoms with Gasteiger partial charge < -0.3 is 20.0 Å². The van der Waals surface area contributed by atoms with E-state index in [2.05, 4.69) is 36.1 Å². The fourth-order valence-corrected chi connectivity index (χ4v) is 2.34. The Labute approximate surface area is 172 Å². The van der Waals surface area contributed by atoms with Crippen molar-refractivity contribution in [2.75, 3.05) is 53.4 Å². The molecule has 0 spiro atoms. The zero-order chi connectivity index (χ0) is 18.5. The molecule has 0 rings (SSSR count). The molecular formula is C18H40IN5O. The van der Waals surface area contributed by atoms with E-state index in [-0.39, 0.29) is 29.9 Å². The molecule has 7 heteroatoms. The molecule has 25 heavy (non-hydrogen) atoms. The zero-order valence-electron chi connectivity index (χ0n) is 17.3. The summed E-state index contributed by atoms with van der Waals surface area (Å²) in [5.74, 6) is 0.960. The second kappa shape index (κ2) is 15.7. The fraction of sp³-hybridized carbons (Fsp3) is 0.889. The maximum atomic E-state index is 12.2. The maximum absolute atomic E-state index is 12.2. The minimum absolute atomic E-state index is 0. The number of nitrogens with zero attached hydrogens (tertiary/aromatic N) is 4. The number of carbonyl (C=O) groups excluding carboxylic acids is 1. The van der Waals surface area contributed by atoms with Gasteiger partial charge in [0.15, 0.2) is 5.96 Å². The molecule has 1 N–H and O–H groups in total. The highest BCUT2D eigenvalue weighted by Gasteiger charge is 2.14. The standard InChI is InChI=1S/C18H39N5O.HI/c1-8-19-18(20-13-11-12-14-21(6)16(4)5)22(7)15-17(24)23(9-2)10-3;/h16H,8-15H2,1-7H3,(H,19,20);1H. The van der Waals surface area contributed by atoms with Crippen molar-refractivity contribution in [1.82, 2.24) is 20.0 Å². The number of hydrogen-bond acceptors (Lipinski definition) is 3. The molecule has 1 amide bonds. The summed E-state index contributed by atoms with van der Waals surface area (Å²) in [6.07, 6.45) is 2.20. The summed E-state index contributed by atoms with van der Waals surface area (Å²) in [5, 5.41) is 3.28. The van der Waals surface area contributed by atoms with Crippen molar-refractivity contribution in [1.29, 1.82) is 0 Å². The number of nitrogens with one attached hydrogen (secondary N) is 1. The Morgan fingerprint density at radius 3 is 2.16 bits per heavy atom. The first-order valence-corrected chi connectivity index (χ1v) is 9.34. The Morgan fingerprint density at radius 1 is 1.08 bits per heavy atom. The Kier molecular flexibility index (Phi) is 16.7. The van der Waals surface area contributed by atoms with Crippen molar-refractivity contribution in [3.63, 3.8) is 0 Å². The largest absolute Gasteiger partial charge is 0.357 e. The third-order valence-electron chi connectivity index (χ3n) is 4.25. The van der Waals surface area contributed by atoms with Crippen molar-refractivity contribution < 1.29 is 4.79 Å². The van der Waals surface area contributed by atoms with E-state index in [1.165, 1.54) is 0 Å². The summed E-state index contributed by atoms with van der Waals surface area (Å²) >= 11 is 0. The number of halogens is 1. The van der Waals surface area contributed by atoms with Gasteiger partial charge in [-0.25, -0.2) is 0 Å². The lowest BCUT2D eigenvalue weighted by Gasteiger charge is -2.25. The molecule has 0 atom stereocenters. The van der Waals surface area contributed by atoms with Crippen molar-refractivity contribution in [3.8, 4) is 0 Å². The highest BCUT2D eigenvalue weighted by molar-refractivity contribution is 14.0. The molecule has 6 nitrogen and oxygen atoms in total. The monoisotopic (exact) mass is 469 g/mol. The lowest BCUT2D eigenvalue weighted by Crippen LogP contribution is -2.45. The summed E-state index contributed by atoms with van der Waals surface area (Å²) in [7, 11) is 4.08. The van der Waals surface area contributed by atoms with E-state index >= 15 is 0 Å². The molecule has 150 valence electrons. The van der Waals surface area contributed by atoms with Crippen LogP contribution in [-0.2, 0) is 4.79 Å². The second-order valence-electron chi connectivity index (χ2n) is 6.44. The van der Waals surface area contributed by atoms with E-state index in [9.17, 15) is 4.79 Å². The zero-order valence-corrected chi connectivity index (χ0v) is 19.7. The number of amides is 1. The number of carbonyl (C=O) groups is 1. The topological polar surface area (TPSA) is 51.2 Å². The maximum Gasteiger partial charge on any atom is 0.242 e. The molecule has 0 aromatic heterocycles. The molecule has 0 heterocycles. The fourth-order valence-electron chi connectivity index (χ4n) is 2.34. The molecule has 0 aromatic rings. The third-order valence-corrected chi connectivity index (χ3v) is 4.25. The number of aliphatic imine (C=N–C) groups is 1. The normalized spacial score (nSPS) is 11.5. The SMILES string of the molecule is CCNC(=NCCCCN(C)C(C)C)N(C)CC(=O)N(CC)CC.I. The van der Waals surface area contributed by atoms with E-state index in [4.69, 9.17) is 0 Å². The van der Waals surface area contributed by atoms with Gasteiger partial charge in [-0.1, -0.05) is 0 Å². The summed E-state index contributed by atoms with van der Waals surface area (Å²) in [4.78, 5) is 23.0. The molecule has 0 saturated carbocycles. The van der Waals surface area contributed by atoms with Crippen LogP contribution in [-0.4, -0.2) is 86.0 Å². The van der Waals surface area contributed by atoms with Gasteiger partial charge in [0.1, 0.15) is 0 Å². The first kappa shape index (κ1) is 26.7. The van der Waals surface area contributed by atoms with Gasteiger partial charge in [-0.05, 0) is 61.1 Å². The second-order valence-corrected chi connectivity index (χ2v) is 6.44. The van der Waals surface area contributed by atoms with Crippen LogP contribution in [0.3, 0.4) is 0 Å². The average molecular weight is 469 g/mol. The molecule has 0 aliphatic carbocycles. The van der Waals surface area contributed by atoms with Gasteiger partial charge in [0, 0.05) is 39.3 Å². The Hall–Kier alpha value is -0.570. The van der Waals surface area contributed by atoms with Crippen LogP contribution < -0.4 is 5.32 Å². The van der Waals surface area contributed by atoms with Gasteiger partial charge >= 0.3 is 0 Å². The Bertz CT molecular complexity index is 372. The lowest BCUT2D eigenvalue weighted by atomic mass is 10.2. The van der Waals surface area contributed by atoms with Gasteiger partial charge in [0.05, 0.1) is 6.54 Å². The van der Waals surface area contributed by atoms with E-state index in [0.717, 1.165) is 51.5 Å². The minimum Gasteiger partial charge on any atom is -0.357 e. The summed E-state index contributed by atoms with van der Waals surface area (Å²) in [6, 6.07) is 0.586. The third kappa shape index (κ3) is 11.6. The van der Waals surface area contributed by atoms with Crippen LogP contribution in [0.15, 0.2) is 4.99 Å². The number of unbranched alkanes of at least 4 members (excludes halogenated alkanes) is 1. The van der Waals surface area contributed by atoms with Gasteiger partial charge in [-0.3, -0.25) is 9.79 Å². The van der Waals surface area contributed by atoms with Crippen molar-refractivity contribution >= 4 is 35.8 Å². The number of likely N-dealkylation sites (N-methyl/N-ethyl adjacent to an activating group) is 2. The minimum atomic E-state index is 0. The van der Waals surface area contributed by atoms with Crippen LogP contribution in [0, 0.1) is 0 Å². The summed E-state index contributed by atoms with van der Waals surface area (Å²) < 4.78 is 0. The molecule has 0 unspecified atom stereocenters. The van der Waals surface area contributed by atoms with Crippen LogP contribution in [0.1, 0.15) is 47.5 Å². The molecule has 0 radical (unpaired) electrons. The van der Waals surface area contributed by atoms with Crippen LogP contribution >= 0.6 is 24.0 Å². The van der Waals surface area contributed by atoms with Gasteiger partial charge in [-0.2, -0.15) is 0 Å². The van der Waals surface area contributed by atoms with E-state index in [1.54, 1.807) is 0 Å². The van der Waals surface area contributed by atoms with Crippen LogP contribution in [0.25, 0.3) is 0 Å². The van der Waals surface area contributed by atoms with Crippen molar-refractivity contribution in [3.05, 3.63) is 0 Å². The predicted octanol–water partition coefficient (Wildman–Crippen LogP) is 2.49. The van der Waals surface area contributed by atoms with E-state index in [0.29, 0.717) is 12.6 Å². The van der Waals surface area contributed by atoms with Crippen LogP contribution in [0.4, 0.5) is 0 Å². The highest BCUT2D eigenvalue weighted by Crippen LogP contribution is 1.99. The Morgan fingerprint density at radius 2 is 1.68 bits per heavy atom. The van der Waals surface area contributed by atoms with Gasteiger partial charge in [0.2, 0.25) is 5.91 Å². The molecule has 0 fully saturated rings. The molecule has 0 saturated heterocycles. The predicted molar refractivity (Wildman–Crippen MR) is 119 cm³/mol. The number of rotatable bonds is 11. The van der Waals surface area contributed by atoms with E-state index < -0.39 is 0 Å². The molecule has 0 aliphatic heterocycles. The van der Waals surface area contributed by atoms with Crippen LogP contribution in [0.2, 0.25) is 0 Å². The van der Waals surface area contributed by atoms with Gasteiger partial charge in [-0.15, -0.1) is 24.0 Å². The van der Waals surface area contributed by atoms with Crippen molar-refractivity contribution in [2.45, 2.75) is 53.5 Å². The first-order chi connectivity index (χ1) is 11.4. The van der Waals surface area contributed by atoms with Gasteiger partial charge in [0.25, 0.3) is 0 Å². The van der Waals surface area contributed by atoms with Crippen molar-refractivity contribution in [2.24, 2.45) is 4.99 Å². The smallest absolute Gasteiger partial charge is 0.242 e. The molecule has 0 aliphatic rings. The molecule has 0 bridgehead atoms. The Balaban J connectivity index is 0. The first-order valence-electron chi connectivity index (χ1n) is 9.34. The lowest BCUT2D eigenvalue weighted by molar-refractivity contribution is -0.131. The average Bonchev–Trinajstić information content (AvgIpc) is 2.54. The molecular weight excluding hydrogens is 429 g/mol. The highest BCUT2D eigenvalue weighted by atomic mass is 127. The summed E-state index contributed by atoms with van der Waals surface area (Å²) in [5.41, 5.74) is 0. The molecule has 0 aromatic carbocycles. The van der Waals surface area contributed by atoms with E-state index in [1.807, 2.05) is 37.6 Å². The number of guanidine groups is 1. The quantitative estimate of drug-likeness (QED) is 0.219. The number of hydrogen-bond donors (Lipinski definition) is 1.